The van der Waals surface area contributed by atoms with E-state index < -0.39 is 5.97 Å². The van der Waals surface area contributed by atoms with Gasteiger partial charge in [0.2, 0.25) is 0 Å². The van der Waals surface area contributed by atoms with Crippen molar-refractivity contribution in [1.82, 2.24) is 0 Å². The van der Waals surface area contributed by atoms with Crippen LogP contribution in [0.15, 0.2) is 5.38 Å². The first-order valence-electron chi connectivity index (χ1n) is 4.33. The van der Waals surface area contributed by atoms with Gasteiger partial charge >= 0.3 is 5.97 Å². The Morgan fingerprint density at radius 3 is 3.00 bits per heavy atom. The quantitative estimate of drug-likeness (QED) is 0.696. The molecular weight excluding hydrogens is 186 g/mol. The predicted octanol–water partition coefficient (Wildman–Crippen LogP) is 1.66. The van der Waals surface area contributed by atoms with Gasteiger partial charge in [-0.05, 0) is 31.2 Å². The third-order valence-electron chi connectivity index (χ3n) is 2.39. The monoisotopic (exact) mass is 197 g/mol. The molecule has 0 saturated carbocycles. The lowest BCUT2D eigenvalue weighted by Crippen LogP contribution is -2.12. The number of fused-ring (bicyclic) bond motifs is 1. The maximum atomic E-state index is 11.2. The SMILES string of the molecule is NOC(=O)c1csc2c1CCCC2. The van der Waals surface area contributed by atoms with Crippen LogP contribution in [0.25, 0.3) is 0 Å². The molecule has 2 N–H and O–H groups in total. The smallest absolute Gasteiger partial charge is 0.357 e. The maximum absolute atomic E-state index is 11.2. The second-order valence-corrected chi connectivity index (χ2v) is 4.13. The van der Waals surface area contributed by atoms with Gasteiger partial charge in [0.25, 0.3) is 0 Å². The van der Waals surface area contributed by atoms with Crippen molar-refractivity contribution in [2.75, 3.05) is 0 Å². The predicted molar refractivity (Wildman–Crippen MR) is 50.6 cm³/mol. The number of carbonyl (C=O) groups is 1. The van der Waals surface area contributed by atoms with Gasteiger partial charge in [0, 0.05) is 10.3 Å². The zero-order chi connectivity index (χ0) is 9.26. The molecule has 13 heavy (non-hydrogen) atoms. The molecule has 2 rings (SSSR count). The normalized spacial score (nSPS) is 15.2. The summed E-state index contributed by atoms with van der Waals surface area (Å²) in [5, 5.41) is 1.85. The molecule has 0 amide bonds. The lowest BCUT2D eigenvalue weighted by Gasteiger charge is -2.11. The summed E-state index contributed by atoms with van der Waals surface area (Å²) in [7, 11) is 0. The second-order valence-electron chi connectivity index (χ2n) is 3.16. The summed E-state index contributed by atoms with van der Waals surface area (Å²) in [6.45, 7) is 0. The first-order chi connectivity index (χ1) is 6.33. The molecule has 4 heteroatoms. The summed E-state index contributed by atoms with van der Waals surface area (Å²) in [5.41, 5.74) is 1.83. The van der Waals surface area contributed by atoms with E-state index in [1.165, 1.54) is 11.3 Å². The topological polar surface area (TPSA) is 52.3 Å². The van der Waals surface area contributed by atoms with Crippen LogP contribution in [0.5, 0.6) is 0 Å². The van der Waals surface area contributed by atoms with Crippen LogP contribution in [-0.4, -0.2) is 5.97 Å². The van der Waals surface area contributed by atoms with Crippen molar-refractivity contribution in [2.24, 2.45) is 5.90 Å². The van der Waals surface area contributed by atoms with E-state index in [9.17, 15) is 4.79 Å². The van der Waals surface area contributed by atoms with Crippen LogP contribution in [0.4, 0.5) is 0 Å². The number of nitrogens with two attached hydrogens (primary N) is 1. The minimum Gasteiger partial charge on any atom is -0.370 e. The number of hydrogen-bond acceptors (Lipinski definition) is 4. The van der Waals surface area contributed by atoms with E-state index in [1.54, 1.807) is 11.3 Å². The highest BCUT2D eigenvalue weighted by Gasteiger charge is 2.20. The van der Waals surface area contributed by atoms with Gasteiger partial charge in [-0.25, -0.2) is 4.79 Å². The van der Waals surface area contributed by atoms with Crippen LogP contribution in [0, 0.1) is 0 Å². The molecule has 1 aromatic heterocycles. The number of rotatable bonds is 1. The fourth-order valence-electron chi connectivity index (χ4n) is 1.73. The molecule has 0 fully saturated rings. The van der Waals surface area contributed by atoms with Crippen LogP contribution in [0.1, 0.15) is 33.6 Å². The maximum Gasteiger partial charge on any atom is 0.357 e. The summed E-state index contributed by atoms with van der Waals surface area (Å²) in [6.07, 6.45) is 4.47. The van der Waals surface area contributed by atoms with Crippen LogP contribution in [0.3, 0.4) is 0 Å². The van der Waals surface area contributed by atoms with E-state index in [2.05, 4.69) is 4.84 Å². The van der Waals surface area contributed by atoms with Gasteiger partial charge in [-0.15, -0.1) is 11.3 Å². The van der Waals surface area contributed by atoms with Crippen molar-refractivity contribution >= 4 is 17.3 Å². The Morgan fingerprint density at radius 2 is 2.23 bits per heavy atom. The summed E-state index contributed by atoms with van der Waals surface area (Å²) in [6, 6.07) is 0. The summed E-state index contributed by atoms with van der Waals surface area (Å²) in [4.78, 5) is 16.8. The minimum absolute atomic E-state index is 0.403. The highest BCUT2D eigenvalue weighted by Crippen LogP contribution is 2.30. The molecule has 0 bridgehead atoms. The number of carbonyl (C=O) groups excluding carboxylic acids is 1. The first kappa shape index (κ1) is 8.72. The van der Waals surface area contributed by atoms with Gasteiger partial charge in [0.05, 0.1) is 5.56 Å². The average molecular weight is 197 g/mol. The fraction of sp³-hybridized carbons (Fsp3) is 0.444. The van der Waals surface area contributed by atoms with E-state index in [0.717, 1.165) is 24.8 Å². The van der Waals surface area contributed by atoms with Gasteiger partial charge in [-0.2, -0.15) is 5.90 Å². The van der Waals surface area contributed by atoms with Crippen molar-refractivity contribution in [2.45, 2.75) is 25.7 Å². The van der Waals surface area contributed by atoms with Crippen LogP contribution in [0.2, 0.25) is 0 Å². The molecule has 0 unspecified atom stereocenters. The van der Waals surface area contributed by atoms with E-state index in [4.69, 9.17) is 5.90 Å². The van der Waals surface area contributed by atoms with Gasteiger partial charge in [0.15, 0.2) is 0 Å². The second kappa shape index (κ2) is 3.47. The molecule has 0 spiro atoms. The third-order valence-corrected chi connectivity index (χ3v) is 3.48. The van der Waals surface area contributed by atoms with Crippen LogP contribution < -0.4 is 5.90 Å². The minimum atomic E-state index is -0.403. The highest BCUT2D eigenvalue weighted by molar-refractivity contribution is 7.10. The molecule has 0 radical (unpaired) electrons. The molecule has 1 aromatic rings. The van der Waals surface area contributed by atoms with Gasteiger partial charge in [-0.1, -0.05) is 0 Å². The van der Waals surface area contributed by atoms with Crippen molar-refractivity contribution in [3.63, 3.8) is 0 Å². The van der Waals surface area contributed by atoms with E-state index in [-0.39, 0.29) is 0 Å². The first-order valence-corrected chi connectivity index (χ1v) is 5.21. The Hall–Kier alpha value is -0.870. The molecular formula is C9H11NO2S. The van der Waals surface area contributed by atoms with Crippen molar-refractivity contribution < 1.29 is 9.63 Å². The molecule has 1 aliphatic rings. The summed E-state index contributed by atoms with van der Waals surface area (Å²) < 4.78 is 0. The van der Waals surface area contributed by atoms with E-state index in [0.29, 0.717) is 5.56 Å². The van der Waals surface area contributed by atoms with Gasteiger partial charge in [-0.3, -0.25) is 0 Å². The molecule has 70 valence electrons. The third kappa shape index (κ3) is 1.47. The van der Waals surface area contributed by atoms with E-state index in [1.807, 2.05) is 5.38 Å². The number of hydrogen-bond donors (Lipinski definition) is 1. The number of aryl methyl sites for hydroxylation is 1. The number of thiophene rings is 1. The molecule has 0 aliphatic heterocycles. The Morgan fingerprint density at radius 1 is 1.46 bits per heavy atom. The molecule has 0 saturated heterocycles. The molecule has 1 heterocycles. The fourth-order valence-corrected chi connectivity index (χ4v) is 2.84. The van der Waals surface area contributed by atoms with Crippen LogP contribution >= 0.6 is 11.3 Å². The standard InChI is InChI=1S/C9H11NO2S/c10-12-9(11)7-5-13-8-4-2-1-3-6(7)8/h5H,1-4,10H2. The highest BCUT2D eigenvalue weighted by atomic mass is 32.1. The Bertz CT molecular complexity index is 332. The van der Waals surface area contributed by atoms with Crippen molar-refractivity contribution in [1.29, 1.82) is 0 Å². The largest absolute Gasteiger partial charge is 0.370 e. The zero-order valence-electron chi connectivity index (χ0n) is 7.21. The van der Waals surface area contributed by atoms with Crippen molar-refractivity contribution in [3.05, 3.63) is 21.4 Å². The zero-order valence-corrected chi connectivity index (χ0v) is 8.02. The van der Waals surface area contributed by atoms with Crippen molar-refractivity contribution in [3.8, 4) is 0 Å². The average Bonchev–Trinajstić information content (AvgIpc) is 2.60. The Balaban J connectivity index is 2.36. The van der Waals surface area contributed by atoms with E-state index >= 15 is 0 Å². The molecule has 0 aromatic carbocycles. The Labute approximate surface area is 80.5 Å². The van der Waals surface area contributed by atoms with Gasteiger partial charge < -0.3 is 4.84 Å². The molecule has 3 nitrogen and oxygen atoms in total. The molecule has 0 atom stereocenters. The molecule has 1 aliphatic carbocycles. The summed E-state index contributed by atoms with van der Waals surface area (Å²) in [5.74, 6) is 4.45. The van der Waals surface area contributed by atoms with Crippen LogP contribution in [-0.2, 0) is 17.7 Å². The lowest BCUT2D eigenvalue weighted by molar-refractivity contribution is 0.0502. The summed E-state index contributed by atoms with van der Waals surface area (Å²) >= 11 is 1.64. The Kier molecular flexibility index (Phi) is 2.33. The van der Waals surface area contributed by atoms with Gasteiger partial charge in [0.1, 0.15) is 0 Å². The lowest BCUT2D eigenvalue weighted by atomic mass is 9.96.